The van der Waals surface area contributed by atoms with Gasteiger partial charge >= 0.3 is 0 Å². The van der Waals surface area contributed by atoms with Crippen LogP contribution in [-0.4, -0.2) is 10.2 Å². The van der Waals surface area contributed by atoms with E-state index in [-0.39, 0.29) is 0 Å². The summed E-state index contributed by atoms with van der Waals surface area (Å²) < 4.78 is 5.69. The Hall–Kier alpha value is -2.62. The van der Waals surface area contributed by atoms with Gasteiger partial charge in [-0.05, 0) is 42.8 Å². The molecule has 2 aromatic carbocycles. The molecule has 1 aromatic heterocycles. The summed E-state index contributed by atoms with van der Waals surface area (Å²) in [7, 11) is 0. The average molecular weight is 251 g/mol. The summed E-state index contributed by atoms with van der Waals surface area (Å²) in [5.41, 5.74) is 9.34. The molecule has 0 aliphatic rings. The number of nitrogen functional groups attached to an aromatic ring is 1. The first kappa shape index (κ1) is 11.5. The highest BCUT2D eigenvalue weighted by atomic mass is 16.4. The first-order valence-electron chi connectivity index (χ1n) is 5.99. The molecule has 3 rings (SSSR count). The molecule has 0 radical (unpaired) electrons. The van der Waals surface area contributed by atoms with Crippen molar-refractivity contribution in [3.63, 3.8) is 0 Å². The fourth-order valence-electron chi connectivity index (χ4n) is 1.85. The average Bonchev–Trinajstić information content (AvgIpc) is 2.93. The van der Waals surface area contributed by atoms with Crippen molar-refractivity contribution < 1.29 is 4.42 Å². The first-order chi connectivity index (χ1) is 9.24. The van der Waals surface area contributed by atoms with Crippen LogP contribution < -0.4 is 5.73 Å². The summed E-state index contributed by atoms with van der Waals surface area (Å²) in [5.74, 6) is 1.02. The number of hydrogen-bond donors (Lipinski definition) is 1. The van der Waals surface area contributed by atoms with Crippen molar-refractivity contribution in [3.8, 4) is 22.9 Å². The fraction of sp³-hybridized carbons (Fsp3) is 0.0667. The molecule has 0 fully saturated rings. The molecule has 0 bridgehead atoms. The largest absolute Gasteiger partial charge is 0.416 e. The van der Waals surface area contributed by atoms with Crippen molar-refractivity contribution >= 4 is 5.69 Å². The van der Waals surface area contributed by atoms with E-state index >= 15 is 0 Å². The number of aryl methyl sites for hydroxylation is 1. The van der Waals surface area contributed by atoms with E-state index in [2.05, 4.69) is 10.2 Å². The van der Waals surface area contributed by atoms with Gasteiger partial charge in [-0.2, -0.15) is 0 Å². The molecule has 1 heterocycles. The molecule has 0 saturated carbocycles. The molecule has 0 amide bonds. The predicted octanol–water partition coefficient (Wildman–Crippen LogP) is 3.29. The topological polar surface area (TPSA) is 64.9 Å². The minimum atomic E-state index is 0.502. The molecule has 4 nitrogen and oxygen atoms in total. The van der Waals surface area contributed by atoms with Crippen LogP contribution >= 0.6 is 0 Å². The van der Waals surface area contributed by atoms with Gasteiger partial charge in [-0.15, -0.1) is 10.2 Å². The standard InChI is InChI=1S/C15H13N3O/c1-10-9-12(7-8-13(10)16)15-18-17-14(19-15)11-5-3-2-4-6-11/h2-9H,16H2,1H3. The third kappa shape index (κ3) is 2.20. The second-order valence-corrected chi connectivity index (χ2v) is 4.35. The molecular weight excluding hydrogens is 238 g/mol. The molecule has 0 spiro atoms. The van der Waals surface area contributed by atoms with E-state index in [9.17, 15) is 0 Å². The van der Waals surface area contributed by atoms with Gasteiger partial charge < -0.3 is 10.2 Å². The summed E-state index contributed by atoms with van der Waals surface area (Å²) in [6.07, 6.45) is 0. The number of anilines is 1. The minimum absolute atomic E-state index is 0.502. The predicted molar refractivity (Wildman–Crippen MR) is 74.3 cm³/mol. The van der Waals surface area contributed by atoms with Crippen molar-refractivity contribution in [2.45, 2.75) is 6.92 Å². The summed E-state index contributed by atoms with van der Waals surface area (Å²) in [6, 6.07) is 15.4. The summed E-state index contributed by atoms with van der Waals surface area (Å²) >= 11 is 0. The molecule has 0 unspecified atom stereocenters. The molecule has 0 saturated heterocycles. The summed E-state index contributed by atoms with van der Waals surface area (Å²) in [6.45, 7) is 1.95. The lowest BCUT2D eigenvalue weighted by Crippen LogP contribution is -1.89. The Bertz CT molecular complexity index is 704. The first-order valence-corrected chi connectivity index (χ1v) is 5.99. The Morgan fingerprint density at radius 1 is 0.895 bits per heavy atom. The second kappa shape index (κ2) is 4.57. The van der Waals surface area contributed by atoms with E-state index in [0.717, 1.165) is 22.4 Å². The maximum Gasteiger partial charge on any atom is 0.248 e. The van der Waals surface area contributed by atoms with Crippen molar-refractivity contribution in [1.82, 2.24) is 10.2 Å². The molecule has 19 heavy (non-hydrogen) atoms. The van der Waals surface area contributed by atoms with Gasteiger partial charge in [-0.25, -0.2) is 0 Å². The molecule has 0 aliphatic carbocycles. The maximum atomic E-state index is 5.80. The van der Waals surface area contributed by atoms with Gasteiger partial charge in [0.1, 0.15) is 0 Å². The van der Waals surface area contributed by atoms with E-state index in [0.29, 0.717) is 11.8 Å². The van der Waals surface area contributed by atoms with Gasteiger partial charge in [0.25, 0.3) is 0 Å². The Kier molecular flexibility index (Phi) is 2.76. The quantitative estimate of drug-likeness (QED) is 0.710. The van der Waals surface area contributed by atoms with Crippen molar-refractivity contribution in [3.05, 3.63) is 54.1 Å². The molecule has 0 aliphatic heterocycles. The number of hydrogen-bond acceptors (Lipinski definition) is 4. The highest BCUT2D eigenvalue weighted by Crippen LogP contribution is 2.25. The van der Waals surface area contributed by atoms with Crippen LogP contribution in [-0.2, 0) is 0 Å². The normalized spacial score (nSPS) is 10.6. The lowest BCUT2D eigenvalue weighted by Gasteiger charge is -2.00. The zero-order valence-corrected chi connectivity index (χ0v) is 10.5. The van der Waals surface area contributed by atoms with Gasteiger partial charge in [0, 0.05) is 16.8 Å². The molecule has 4 heteroatoms. The SMILES string of the molecule is Cc1cc(-c2nnc(-c3ccccc3)o2)ccc1N. The monoisotopic (exact) mass is 251 g/mol. The van der Waals surface area contributed by atoms with E-state index in [1.807, 2.05) is 55.5 Å². The lowest BCUT2D eigenvalue weighted by atomic mass is 10.1. The van der Waals surface area contributed by atoms with Gasteiger partial charge in [0.2, 0.25) is 11.8 Å². The van der Waals surface area contributed by atoms with E-state index in [4.69, 9.17) is 10.2 Å². The molecular formula is C15H13N3O. The van der Waals surface area contributed by atoms with Crippen LogP contribution in [0.5, 0.6) is 0 Å². The number of benzene rings is 2. The van der Waals surface area contributed by atoms with Crippen LogP contribution in [0.3, 0.4) is 0 Å². The smallest absolute Gasteiger partial charge is 0.248 e. The molecule has 2 N–H and O–H groups in total. The van der Waals surface area contributed by atoms with Gasteiger partial charge in [0.15, 0.2) is 0 Å². The number of nitrogens with two attached hydrogens (primary N) is 1. The van der Waals surface area contributed by atoms with Crippen LogP contribution in [0.4, 0.5) is 5.69 Å². The van der Waals surface area contributed by atoms with Crippen LogP contribution in [0.15, 0.2) is 52.9 Å². The summed E-state index contributed by atoms with van der Waals surface area (Å²) in [5, 5.41) is 8.14. The second-order valence-electron chi connectivity index (χ2n) is 4.35. The third-order valence-electron chi connectivity index (χ3n) is 2.96. The zero-order chi connectivity index (χ0) is 13.2. The van der Waals surface area contributed by atoms with Gasteiger partial charge in [-0.3, -0.25) is 0 Å². The van der Waals surface area contributed by atoms with Crippen LogP contribution in [0, 0.1) is 6.92 Å². The van der Waals surface area contributed by atoms with Gasteiger partial charge in [-0.1, -0.05) is 18.2 Å². The minimum Gasteiger partial charge on any atom is -0.416 e. The number of nitrogens with zero attached hydrogens (tertiary/aromatic N) is 2. The summed E-state index contributed by atoms with van der Waals surface area (Å²) in [4.78, 5) is 0. The van der Waals surface area contributed by atoms with Gasteiger partial charge in [0.05, 0.1) is 0 Å². The van der Waals surface area contributed by atoms with E-state index in [1.165, 1.54) is 0 Å². The number of rotatable bonds is 2. The highest BCUT2D eigenvalue weighted by Gasteiger charge is 2.10. The Balaban J connectivity index is 1.99. The fourth-order valence-corrected chi connectivity index (χ4v) is 1.85. The van der Waals surface area contributed by atoms with Crippen molar-refractivity contribution in [2.75, 3.05) is 5.73 Å². The Labute approximate surface area is 110 Å². The van der Waals surface area contributed by atoms with Crippen LogP contribution in [0.2, 0.25) is 0 Å². The number of aromatic nitrogens is 2. The highest BCUT2D eigenvalue weighted by molar-refractivity contribution is 5.62. The van der Waals surface area contributed by atoms with E-state index in [1.54, 1.807) is 0 Å². The van der Waals surface area contributed by atoms with Crippen LogP contribution in [0.25, 0.3) is 22.9 Å². The van der Waals surface area contributed by atoms with Crippen molar-refractivity contribution in [1.29, 1.82) is 0 Å². The third-order valence-corrected chi connectivity index (χ3v) is 2.96. The Morgan fingerprint density at radius 2 is 1.58 bits per heavy atom. The molecule has 0 atom stereocenters. The Morgan fingerprint density at radius 3 is 2.26 bits per heavy atom. The van der Waals surface area contributed by atoms with Crippen LogP contribution in [0.1, 0.15) is 5.56 Å². The lowest BCUT2D eigenvalue weighted by molar-refractivity contribution is 0.584. The van der Waals surface area contributed by atoms with E-state index < -0.39 is 0 Å². The van der Waals surface area contributed by atoms with Crippen molar-refractivity contribution in [2.24, 2.45) is 0 Å². The zero-order valence-electron chi connectivity index (χ0n) is 10.5. The molecule has 3 aromatic rings. The maximum absolute atomic E-state index is 5.80. The molecule has 94 valence electrons.